The number of ether oxygens (including phenoxy) is 1. The number of aromatic nitrogens is 1. The first-order chi connectivity index (χ1) is 8.51. The van der Waals surface area contributed by atoms with Gasteiger partial charge in [0, 0.05) is 20.7 Å². The third-order valence-electron chi connectivity index (χ3n) is 2.20. The van der Waals surface area contributed by atoms with Crippen LogP contribution < -0.4 is 0 Å². The van der Waals surface area contributed by atoms with Crippen molar-refractivity contribution < 1.29 is 18.3 Å². The highest BCUT2D eigenvalue weighted by Gasteiger charge is 2.20. The number of alkyl halides is 3. The number of hydrogen-bond donors (Lipinski definition) is 0. The van der Waals surface area contributed by atoms with Crippen LogP contribution >= 0.6 is 38.5 Å². The molecule has 0 N–H and O–H groups in total. The monoisotopic (exact) mass is 433 g/mol. The first-order valence-electron chi connectivity index (χ1n) is 5.17. The normalized spacial score (nSPS) is 10.8. The number of hydrogen-bond acceptors (Lipinski definition) is 3. The van der Waals surface area contributed by atoms with Crippen molar-refractivity contribution in [1.29, 1.82) is 0 Å². The molecule has 3 nitrogen and oxygen atoms in total. The molecule has 0 aliphatic heterocycles. The van der Waals surface area contributed by atoms with Crippen LogP contribution in [0.1, 0.15) is 30.2 Å². The summed E-state index contributed by atoms with van der Waals surface area (Å²) in [6.07, 6.45) is -1.27. The van der Waals surface area contributed by atoms with Crippen molar-refractivity contribution in [2.24, 2.45) is 0 Å². The molecule has 1 heterocycles. The molecule has 0 saturated heterocycles. The molecule has 0 spiro atoms. The fourth-order valence-corrected chi connectivity index (χ4v) is 3.28. The summed E-state index contributed by atoms with van der Waals surface area (Å²) in [6, 6.07) is 0. The lowest BCUT2D eigenvalue weighted by Gasteiger charge is -2.11. The number of rotatable bonds is 5. The molecule has 0 fully saturated rings. The SMILES string of the molecule is CCOC(=O)Cc1cnc(C(F)F)c(CBr)c1I. The van der Waals surface area contributed by atoms with E-state index in [0.717, 1.165) is 0 Å². The largest absolute Gasteiger partial charge is 0.466 e. The summed E-state index contributed by atoms with van der Waals surface area (Å²) in [5.74, 6) is -0.387. The molecule has 0 amide bonds. The molecule has 1 rings (SSSR count). The summed E-state index contributed by atoms with van der Waals surface area (Å²) in [6.45, 7) is 2.01. The zero-order chi connectivity index (χ0) is 13.7. The van der Waals surface area contributed by atoms with Crippen molar-refractivity contribution in [3.63, 3.8) is 0 Å². The molecule has 7 heteroatoms. The van der Waals surface area contributed by atoms with Gasteiger partial charge in [0.15, 0.2) is 0 Å². The topological polar surface area (TPSA) is 39.2 Å². The molecule has 0 radical (unpaired) electrons. The molecule has 0 aromatic carbocycles. The van der Waals surface area contributed by atoms with Gasteiger partial charge >= 0.3 is 5.97 Å². The Labute approximate surface area is 126 Å². The van der Waals surface area contributed by atoms with E-state index in [4.69, 9.17) is 4.74 Å². The standard InChI is InChI=1S/C11H11BrF2INO2/c1-2-18-8(17)3-6-5-16-10(11(13)14)7(4-12)9(6)15/h5,11H,2-4H2,1H3. The third-order valence-corrected chi connectivity index (χ3v) is 4.10. The minimum Gasteiger partial charge on any atom is -0.466 e. The second-order valence-corrected chi connectivity index (χ2v) is 5.02. The number of nitrogens with zero attached hydrogens (tertiary/aromatic N) is 1. The van der Waals surface area contributed by atoms with E-state index in [0.29, 0.717) is 21.3 Å². The summed E-state index contributed by atoms with van der Waals surface area (Å²) in [7, 11) is 0. The van der Waals surface area contributed by atoms with E-state index < -0.39 is 6.43 Å². The van der Waals surface area contributed by atoms with Crippen molar-refractivity contribution in [3.05, 3.63) is 26.6 Å². The van der Waals surface area contributed by atoms with Gasteiger partial charge in [-0.25, -0.2) is 8.78 Å². The Kier molecular flexibility index (Phi) is 6.40. The average molecular weight is 434 g/mol. The third kappa shape index (κ3) is 3.84. The van der Waals surface area contributed by atoms with E-state index >= 15 is 0 Å². The number of halogens is 4. The van der Waals surface area contributed by atoms with Crippen LogP contribution in [0.4, 0.5) is 8.78 Å². The number of carbonyl (C=O) groups excluding carboxylic acids is 1. The smallest absolute Gasteiger partial charge is 0.310 e. The van der Waals surface area contributed by atoms with Gasteiger partial charge in [0.25, 0.3) is 6.43 Å². The van der Waals surface area contributed by atoms with Crippen LogP contribution in [0.2, 0.25) is 0 Å². The van der Waals surface area contributed by atoms with Crippen LogP contribution in [-0.4, -0.2) is 17.6 Å². The van der Waals surface area contributed by atoms with Gasteiger partial charge in [0.05, 0.1) is 13.0 Å². The molecule has 0 aliphatic carbocycles. The maximum Gasteiger partial charge on any atom is 0.310 e. The molecule has 18 heavy (non-hydrogen) atoms. The van der Waals surface area contributed by atoms with E-state index in [1.807, 2.05) is 22.6 Å². The summed E-state index contributed by atoms with van der Waals surface area (Å²) in [5.41, 5.74) is 0.782. The van der Waals surface area contributed by atoms with E-state index in [2.05, 4.69) is 20.9 Å². The van der Waals surface area contributed by atoms with Crippen molar-refractivity contribution in [2.75, 3.05) is 6.61 Å². The van der Waals surface area contributed by atoms with Gasteiger partial charge in [0.2, 0.25) is 0 Å². The predicted molar refractivity (Wildman–Crippen MR) is 74.9 cm³/mol. The van der Waals surface area contributed by atoms with Gasteiger partial charge in [-0.2, -0.15) is 0 Å². The van der Waals surface area contributed by atoms with E-state index in [1.54, 1.807) is 6.92 Å². The lowest BCUT2D eigenvalue weighted by atomic mass is 10.1. The zero-order valence-electron chi connectivity index (χ0n) is 9.55. The summed E-state index contributed by atoms with van der Waals surface area (Å²) < 4.78 is 30.9. The van der Waals surface area contributed by atoms with Gasteiger partial charge in [-0.05, 0) is 35.1 Å². The Morgan fingerprint density at radius 2 is 2.28 bits per heavy atom. The van der Waals surface area contributed by atoms with Gasteiger partial charge in [-0.1, -0.05) is 15.9 Å². The summed E-state index contributed by atoms with van der Waals surface area (Å²) in [5, 5.41) is 0.272. The number of carbonyl (C=O) groups is 1. The Balaban J connectivity index is 3.05. The van der Waals surface area contributed by atoms with Crippen molar-refractivity contribution >= 4 is 44.5 Å². The Bertz CT molecular complexity index is 443. The highest BCUT2D eigenvalue weighted by molar-refractivity contribution is 14.1. The van der Waals surface area contributed by atoms with Crippen LogP contribution in [0, 0.1) is 3.57 Å². The zero-order valence-corrected chi connectivity index (χ0v) is 13.3. The van der Waals surface area contributed by atoms with Gasteiger partial charge < -0.3 is 4.74 Å². The minimum atomic E-state index is -2.62. The highest BCUT2D eigenvalue weighted by Crippen LogP contribution is 2.28. The average Bonchev–Trinajstić information content (AvgIpc) is 2.31. The lowest BCUT2D eigenvalue weighted by Crippen LogP contribution is -2.11. The van der Waals surface area contributed by atoms with Gasteiger partial charge in [-0.15, -0.1) is 0 Å². The van der Waals surface area contributed by atoms with Crippen molar-refractivity contribution in [3.8, 4) is 0 Å². The molecule has 1 aromatic rings. The Hall–Kier alpha value is -0.310. The van der Waals surface area contributed by atoms with Crippen LogP contribution in [0.15, 0.2) is 6.20 Å². The highest BCUT2D eigenvalue weighted by atomic mass is 127. The van der Waals surface area contributed by atoms with Gasteiger partial charge in [-0.3, -0.25) is 9.78 Å². The fourth-order valence-electron chi connectivity index (χ4n) is 1.39. The predicted octanol–water partition coefficient (Wildman–Crippen LogP) is 3.62. The van der Waals surface area contributed by atoms with Crippen LogP contribution in [-0.2, 0) is 21.3 Å². The lowest BCUT2D eigenvalue weighted by molar-refractivity contribution is -0.142. The number of pyridine rings is 1. The Morgan fingerprint density at radius 1 is 1.61 bits per heavy atom. The molecule has 0 aliphatic rings. The van der Waals surface area contributed by atoms with Crippen molar-refractivity contribution in [1.82, 2.24) is 4.98 Å². The molecule has 0 unspecified atom stereocenters. The van der Waals surface area contributed by atoms with Crippen molar-refractivity contribution in [2.45, 2.75) is 25.1 Å². The minimum absolute atomic E-state index is 0.0443. The molecule has 0 bridgehead atoms. The second kappa shape index (κ2) is 7.32. The molecule has 0 saturated carbocycles. The van der Waals surface area contributed by atoms with E-state index in [-0.39, 0.29) is 23.4 Å². The van der Waals surface area contributed by atoms with Gasteiger partial charge in [0.1, 0.15) is 5.69 Å². The van der Waals surface area contributed by atoms with Crippen LogP contribution in [0.5, 0.6) is 0 Å². The number of esters is 1. The summed E-state index contributed by atoms with van der Waals surface area (Å²) >= 11 is 5.11. The molecule has 1 aromatic heterocycles. The first kappa shape index (κ1) is 15.7. The van der Waals surface area contributed by atoms with Crippen LogP contribution in [0.25, 0.3) is 0 Å². The fraction of sp³-hybridized carbons (Fsp3) is 0.455. The van der Waals surface area contributed by atoms with E-state index in [1.165, 1.54) is 6.20 Å². The summed E-state index contributed by atoms with van der Waals surface area (Å²) in [4.78, 5) is 15.1. The molecular formula is C11H11BrF2INO2. The molecular weight excluding hydrogens is 423 g/mol. The molecule has 0 atom stereocenters. The quantitative estimate of drug-likeness (QED) is 0.404. The Morgan fingerprint density at radius 3 is 2.78 bits per heavy atom. The maximum atomic E-state index is 12.7. The maximum absolute atomic E-state index is 12.7. The second-order valence-electron chi connectivity index (χ2n) is 3.38. The first-order valence-corrected chi connectivity index (χ1v) is 7.37. The van der Waals surface area contributed by atoms with E-state index in [9.17, 15) is 13.6 Å². The molecule has 100 valence electrons. The van der Waals surface area contributed by atoms with Crippen LogP contribution in [0.3, 0.4) is 0 Å².